The van der Waals surface area contributed by atoms with Crippen LogP contribution < -0.4 is 5.32 Å². The molecule has 1 aliphatic heterocycles. The van der Waals surface area contributed by atoms with Crippen LogP contribution in [-0.4, -0.2) is 6.54 Å². The Morgan fingerprint density at radius 1 is 1.46 bits per heavy atom. The Morgan fingerprint density at radius 3 is 2.92 bits per heavy atom. The summed E-state index contributed by atoms with van der Waals surface area (Å²) in [4.78, 5) is 0. The van der Waals surface area contributed by atoms with E-state index in [9.17, 15) is 0 Å². The summed E-state index contributed by atoms with van der Waals surface area (Å²) in [6, 6.07) is 6.13. The van der Waals surface area contributed by atoms with Crippen molar-refractivity contribution in [2.75, 3.05) is 11.9 Å². The zero-order valence-corrected chi connectivity index (χ0v) is 8.73. The molecular weight excluding hydrogens is 182 g/mol. The van der Waals surface area contributed by atoms with Crippen molar-refractivity contribution in [3.63, 3.8) is 0 Å². The molecule has 0 amide bonds. The van der Waals surface area contributed by atoms with E-state index in [1.54, 1.807) is 0 Å². The standard InChI is InChI=1S/C11H14ClN/c1-7(2)10-6-13-11-5-8(12)3-4-9(10)11/h3-5,7,10,13H,6H2,1-2H3. The predicted molar refractivity (Wildman–Crippen MR) is 57.5 cm³/mol. The molecular formula is C11H14ClN. The molecule has 1 nitrogen and oxygen atoms in total. The zero-order valence-electron chi connectivity index (χ0n) is 7.97. The number of halogens is 1. The van der Waals surface area contributed by atoms with Crippen LogP contribution in [0.25, 0.3) is 0 Å². The molecule has 0 spiro atoms. The van der Waals surface area contributed by atoms with Gasteiger partial charge in [-0.05, 0) is 23.6 Å². The van der Waals surface area contributed by atoms with E-state index in [1.165, 1.54) is 11.3 Å². The topological polar surface area (TPSA) is 12.0 Å². The Morgan fingerprint density at radius 2 is 2.23 bits per heavy atom. The van der Waals surface area contributed by atoms with Gasteiger partial charge in [-0.15, -0.1) is 0 Å². The van der Waals surface area contributed by atoms with Crippen molar-refractivity contribution in [1.29, 1.82) is 0 Å². The molecule has 1 unspecified atom stereocenters. The summed E-state index contributed by atoms with van der Waals surface area (Å²) in [5, 5.41) is 4.20. The first-order valence-electron chi connectivity index (χ1n) is 4.72. The van der Waals surface area contributed by atoms with Gasteiger partial charge in [-0.3, -0.25) is 0 Å². The van der Waals surface area contributed by atoms with Crippen LogP contribution in [0.3, 0.4) is 0 Å². The van der Waals surface area contributed by atoms with Gasteiger partial charge >= 0.3 is 0 Å². The van der Waals surface area contributed by atoms with Crippen molar-refractivity contribution in [3.05, 3.63) is 28.8 Å². The number of anilines is 1. The second-order valence-electron chi connectivity index (χ2n) is 3.96. The summed E-state index contributed by atoms with van der Waals surface area (Å²) in [7, 11) is 0. The van der Waals surface area contributed by atoms with Crippen LogP contribution in [0.4, 0.5) is 5.69 Å². The molecule has 2 heteroatoms. The van der Waals surface area contributed by atoms with Gasteiger partial charge in [0.2, 0.25) is 0 Å². The van der Waals surface area contributed by atoms with Crippen molar-refractivity contribution < 1.29 is 0 Å². The van der Waals surface area contributed by atoms with Gasteiger partial charge in [0, 0.05) is 23.2 Å². The SMILES string of the molecule is CC(C)C1CNc2cc(Cl)ccc21. The number of rotatable bonds is 1. The normalized spacial score (nSPS) is 20.2. The van der Waals surface area contributed by atoms with Crippen LogP contribution in [0.5, 0.6) is 0 Å². The van der Waals surface area contributed by atoms with E-state index in [2.05, 4.69) is 25.2 Å². The van der Waals surface area contributed by atoms with Gasteiger partial charge in [-0.2, -0.15) is 0 Å². The maximum atomic E-state index is 5.91. The van der Waals surface area contributed by atoms with Gasteiger partial charge in [0.15, 0.2) is 0 Å². The maximum absolute atomic E-state index is 5.91. The second kappa shape index (κ2) is 3.22. The van der Waals surface area contributed by atoms with Gasteiger partial charge in [0.25, 0.3) is 0 Å². The highest BCUT2D eigenvalue weighted by molar-refractivity contribution is 6.30. The largest absolute Gasteiger partial charge is 0.384 e. The molecule has 0 aliphatic carbocycles. The summed E-state index contributed by atoms with van der Waals surface area (Å²) < 4.78 is 0. The molecule has 1 heterocycles. The van der Waals surface area contributed by atoms with Crippen molar-refractivity contribution in [2.45, 2.75) is 19.8 Å². The highest BCUT2D eigenvalue weighted by Crippen LogP contribution is 2.37. The van der Waals surface area contributed by atoms with Crippen LogP contribution in [0.2, 0.25) is 5.02 Å². The molecule has 0 saturated heterocycles. The minimum atomic E-state index is 0.646. The molecule has 1 aliphatic rings. The van der Waals surface area contributed by atoms with Gasteiger partial charge in [0.1, 0.15) is 0 Å². The van der Waals surface area contributed by atoms with E-state index in [4.69, 9.17) is 11.6 Å². The fourth-order valence-corrected chi connectivity index (χ4v) is 2.10. The number of hydrogen-bond acceptors (Lipinski definition) is 1. The average molecular weight is 196 g/mol. The maximum Gasteiger partial charge on any atom is 0.0426 e. The van der Waals surface area contributed by atoms with Crippen molar-refractivity contribution in [2.24, 2.45) is 5.92 Å². The number of fused-ring (bicyclic) bond motifs is 1. The first kappa shape index (κ1) is 8.89. The number of nitrogens with one attached hydrogen (secondary N) is 1. The molecule has 1 atom stereocenters. The minimum Gasteiger partial charge on any atom is -0.384 e. The van der Waals surface area contributed by atoms with Gasteiger partial charge in [-0.1, -0.05) is 31.5 Å². The summed E-state index contributed by atoms with van der Waals surface area (Å²) in [5.74, 6) is 1.34. The summed E-state index contributed by atoms with van der Waals surface area (Å²) in [5.41, 5.74) is 2.63. The molecule has 2 rings (SSSR count). The molecule has 0 fully saturated rings. The Kier molecular flexibility index (Phi) is 2.20. The van der Waals surface area contributed by atoms with Gasteiger partial charge < -0.3 is 5.32 Å². The van der Waals surface area contributed by atoms with Crippen molar-refractivity contribution >= 4 is 17.3 Å². The van der Waals surface area contributed by atoms with E-state index < -0.39 is 0 Å². The summed E-state index contributed by atoms with van der Waals surface area (Å²) >= 11 is 5.91. The third-order valence-corrected chi connectivity index (χ3v) is 2.97. The fraction of sp³-hybridized carbons (Fsp3) is 0.455. The number of hydrogen-bond donors (Lipinski definition) is 1. The third-order valence-electron chi connectivity index (χ3n) is 2.73. The zero-order chi connectivity index (χ0) is 9.42. The first-order chi connectivity index (χ1) is 6.18. The van der Waals surface area contributed by atoms with E-state index in [1.807, 2.05) is 12.1 Å². The minimum absolute atomic E-state index is 0.646. The smallest absolute Gasteiger partial charge is 0.0426 e. The second-order valence-corrected chi connectivity index (χ2v) is 4.40. The van der Waals surface area contributed by atoms with Crippen LogP contribution in [0.1, 0.15) is 25.3 Å². The fourth-order valence-electron chi connectivity index (χ4n) is 1.93. The lowest BCUT2D eigenvalue weighted by Gasteiger charge is -2.13. The quantitative estimate of drug-likeness (QED) is 0.723. The number of benzene rings is 1. The van der Waals surface area contributed by atoms with E-state index in [0.29, 0.717) is 11.8 Å². The van der Waals surface area contributed by atoms with Crippen LogP contribution >= 0.6 is 11.6 Å². The lowest BCUT2D eigenvalue weighted by atomic mass is 9.90. The van der Waals surface area contributed by atoms with Crippen LogP contribution in [0.15, 0.2) is 18.2 Å². The Bertz CT molecular complexity index is 320. The van der Waals surface area contributed by atoms with Gasteiger partial charge in [0.05, 0.1) is 0 Å². The lowest BCUT2D eigenvalue weighted by Crippen LogP contribution is -2.08. The molecule has 0 aromatic heterocycles. The van der Waals surface area contributed by atoms with E-state index >= 15 is 0 Å². The summed E-state index contributed by atoms with van der Waals surface area (Å²) in [6.07, 6.45) is 0. The van der Waals surface area contributed by atoms with E-state index in [-0.39, 0.29) is 0 Å². The van der Waals surface area contributed by atoms with Crippen molar-refractivity contribution in [3.8, 4) is 0 Å². The van der Waals surface area contributed by atoms with Gasteiger partial charge in [-0.25, -0.2) is 0 Å². The lowest BCUT2D eigenvalue weighted by molar-refractivity contribution is 0.533. The molecule has 0 radical (unpaired) electrons. The molecule has 13 heavy (non-hydrogen) atoms. The molecule has 1 aromatic rings. The Balaban J connectivity index is 2.38. The molecule has 0 bridgehead atoms. The Labute approximate surface area is 84.1 Å². The van der Waals surface area contributed by atoms with E-state index in [0.717, 1.165) is 11.6 Å². The highest BCUT2D eigenvalue weighted by Gasteiger charge is 2.24. The summed E-state index contributed by atoms with van der Waals surface area (Å²) in [6.45, 7) is 5.57. The monoisotopic (exact) mass is 195 g/mol. The highest BCUT2D eigenvalue weighted by atomic mass is 35.5. The van der Waals surface area contributed by atoms with Crippen LogP contribution in [0, 0.1) is 5.92 Å². The first-order valence-corrected chi connectivity index (χ1v) is 5.09. The Hall–Kier alpha value is -0.690. The molecule has 1 N–H and O–H groups in total. The molecule has 0 saturated carbocycles. The third kappa shape index (κ3) is 1.53. The van der Waals surface area contributed by atoms with Crippen molar-refractivity contribution in [1.82, 2.24) is 0 Å². The van der Waals surface area contributed by atoms with Crippen LogP contribution in [-0.2, 0) is 0 Å². The molecule has 70 valence electrons. The average Bonchev–Trinajstić information content (AvgIpc) is 2.46. The predicted octanol–water partition coefficient (Wildman–Crippen LogP) is 3.51. The molecule has 1 aromatic carbocycles.